The first-order valence-electron chi connectivity index (χ1n) is 3.39. The van der Waals surface area contributed by atoms with Crippen molar-refractivity contribution >= 4 is 6.41 Å². The van der Waals surface area contributed by atoms with Gasteiger partial charge in [0.1, 0.15) is 0 Å². The molecule has 1 amide bonds. The van der Waals surface area contributed by atoms with Crippen molar-refractivity contribution in [3.63, 3.8) is 0 Å². The van der Waals surface area contributed by atoms with Gasteiger partial charge >= 0.3 is 0 Å². The van der Waals surface area contributed by atoms with Gasteiger partial charge in [0.15, 0.2) is 0 Å². The van der Waals surface area contributed by atoms with Crippen LogP contribution in [-0.4, -0.2) is 6.41 Å². The van der Waals surface area contributed by atoms with E-state index < -0.39 is 0 Å². The Morgan fingerprint density at radius 2 is 1.64 bits per heavy atom. The lowest BCUT2D eigenvalue weighted by molar-refractivity contribution is -0.106. The zero-order chi connectivity index (χ0) is 8.69. The first kappa shape index (κ1) is 9.69. The summed E-state index contributed by atoms with van der Waals surface area (Å²) < 4.78 is 0. The zero-order valence-electron chi connectivity index (χ0n) is 6.87. The summed E-state index contributed by atoms with van der Waals surface area (Å²) in [6, 6.07) is 8.45. The summed E-state index contributed by atoms with van der Waals surface area (Å²) in [4.78, 5) is 8.58. The van der Waals surface area contributed by atoms with Gasteiger partial charge in [0.25, 0.3) is 0 Å². The molecule has 0 saturated carbocycles. The average molecular weight is 151 g/mol. The molecule has 0 bridgehead atoms. The van der Waals surface area contributed by atoms with E-state index in [-0.39, 0.29) is 6.41 Å². The smallest absolute Gasteiger partial charge is 0.204 e. The minimum absolute atomic E-state index is 0.250. The van der Waals surface area contributed by atoms with Crippen molar-refractivity contribution in [3.8, 4) is 0 Å². The summed E-state index contributed by atoms with van der Waals surface area (Å²) in [5.41, 5.74) is 6.84. The van der Waals surface area contributed by atoms with Crippen molar-refractivity contribution in [2.24, 2.45) is 5.73 Å². The molecule has 0 aliphatic heterocycles. The van der Waals surface area contributed by atoms with Gasteiger partial charge in [-0.25, -0.2) is 0 Å². The lowest BCUT2D eigenvalue weighted by Gasteiger charge is -1.90. The first-order valence-corrected chi connectivity index (χ1v) is 3.39. The number of primary amides is 1. The van der Waals surface area contributed by atoms with Crippen molar-refractivity contribution in [1.82, 2.24) is 0 Å². The van der Waals surface area contributed by atoms with Crippen LogP contribution in [0.4, 0.5) is 0 Å². The maximum atomic E-state index is 8.58. The van der Waals surface area contributed by atoms with Gasteiger partial charge in [-0.05, 0) is 13.8 Å². The van der Waals surface area contributed by atoms with Gasteiger partial charge in [0.05, 0.1) is 0 Å². The fourth-order valence-electron chi connectivity index (χ4n) is 0.807. The SMILES string of the molecule is Cc1cccc(C)c1.NC=O. The standard InChI is InChI=1S/C8H10.CH3NO/c1-7-4-3-5-8(2)6-7;2-1-3/h3-6H,1-2H3;1H,(H2,2,3). The van der Waals surface area contributed by atoms with Gasteiger partial charge in [-0.1, -0.05) is 35.4 Å². The lowest BCUT2D eigenvalue weighted by atomic mass is 10.2. The van der Waals surface area contributed by atoms with E-state index in [1.54, 1.807) is 0 Å². The summed E-state index contributed by atoms with van der Waals surface area (Å²) in [6.07, 6.45) is 0.250. The Morgan fingerprint density at radius 1 is 1.27 bits per heavy atom. The van der Waals surface area contributed by atoms with Crippen LogP contribution in [0, 0.1) is 13.8 Å². The van der Waals surface area contributed by atoms with Crippen molar-refractivity contribution in [2.75, 3.05) is 0 Å². The van der Waals surface area contributed by atoms with Crippen LogP contribution < -0.4 is 5.73 Å². The molecule has 1 aromatic carbocycles. The Balaban J connectivity index is 0.000000292. The molecule has 0 saturated heterocycles. The van der Waals surface area contributed by atoms with Crippen LogP contribution in [0.2, 0.25) is 0 Å². The fourth-order valence-corrected chi connectivity index (χ4v) is 0.807. The monoisotopic (exact) mass is 151 g/mol. The lowest BCUT2D eigenvalue weighted by Crippen LogP contribution is -1.82. The van der Waals surface area contributed by atoms with Crippen LogP contribution in [0.1, 0.15) is 11.1 Å². The molecule has 2 heteroatoms. The molecule has 0 radical (unpaired) electrons. The predicted octanol–water partition coefficient (Wildman–Crippen LogP) is 1.40. The second-order valence-corrected chi connectivity index (χ2v) is 2.29. The van der Waals surface area contributed by atoms with Crippen LogP contribution in [0.3, 0.4) is 0 Å². The third-order valence-electron chi connectivity index (χ3n) is 1.17. The Hall–Kier alpha value is -1.31. The van der Waals surface area contributed by atoms with Crippen molar-refractivity contribution in [1.29, 1.82) is 0 Å². The van der Waals surface area contributed by atoms with Gasteiger partial charge in [-0.2, -0.15) is 0 Å². The summed E-state index contributed by atoms with van der Waals surface area (Å²) in [5, 5.41) is 0. The van der Waals surface area contributed by atoms with Gasteiger partial charge in [0.2, 0.25) is 6.41 Å². The fraction of sp³-hybridized carbons (Fsp3) is 0.222. The third-order valence-corrected chi connectivity index (χ3v) is 1.17. The average Bonchev–Trinajstić information content (AvgIpc) is 1.88. The third kappa shape index (κ3) is 5.15. The van der Waals surface area contributed by atoms with Gasteiger partial charge < -0.3 is 5.73 Å². The van der Waals surface area contributed by atoms with Crippen LogP contribution in [-0.2, 0) is 4.79 Å². The van der Waals surface area contributed by atoms with Crippen LogP contribution in [0.5, 0.6) is 0 Å². The number of aryl methyl sites for hydroxylation is 2. The number of carbonyl (C=O) groups is 1. The number of hydrogen-bond donors (Lipinski definition) is 1. The maximum Gasteiger partial charge on any atom is 0.204 e. The second-order valence-electron chi connectivity index (χ2n) is 2.29. The Kier molecular flexibility index (Phi) is 4.82. The number of carbonyl (C=O) groups excluding carboxylic acids is 1. The largest absolute Gasteiger partial charge is 0.372 e. The van der Waals surface area contributed by atoms with E-state index in [9.17, 15) is 0 Å². The highest BCUT2D eigenvalue weighted by atomic mass is 16.1. The summed E-state index contributed by atoms with van der Waals surface area (Å²) in [7, 11) is 0. The quantitative estimate of drug-likeness (QED) is 0.560. The molecular weight excluding hydrogens is 138 g/mol. The van der Waals surface area contributed by atoms with E-state index in [1.165, 1.54) is 11.1 Å². The molecule has 0 spiro atoms. The topological polar surface area (TPSA) is 43.1 Å². The number of rotatable bonds is 0. The maximum absolute atomic E-state index is 8.58. The van der Waals surface area contributed by atoms with E-state index in [1.807, 2.05) is 0 Å². The molecule has 60 valence electrons. The van der Waals surface area contributed by atoms with Crippen LogP contribution >= 0.6 is 0 Å². The van der Waals surface area contributed by atoms with E-state index in [2.05, 4.69) is 43.8 Å². The number of nitrogens with two attached hydrogens (primary N) is 1. The molecular formula is C9H13NO. The van der Waals surface area contributed by atoms with Gasteiger partial charge in [-0.15, -0.1) is 0 Å². The molecule has 1 aromatic rings. The molecule has 0 aliphatic rings. The summed E-state index contributed by atoms with van der Waals surface area (Å²) >= 11 is 0. The van der Waals surface area contributed by atoms with Gasteiger partial charge in [0, 0.05) is 0 Å². The normalized spacial score (nSPS) is 7.82. The second kappa shape index (κ2) is 5.47. The van der Waals surface area contributed by atoms with Crippen LogP contribution in [0.15, 0.2) is 24.3 Å². The first-order chi connectivity index (χ1) is 5.20. The molecule has 2 N–H and O–H groups in total. The number of hydrogen-bond acceptors (Lipinski definition) is 1. The van der Waals surface area contributed by atoms with Crippen molar-refractivity contribution in [3.05, 3.63) is 35.4 Å². The Bertz CT molecular complexity index is 203. The highest BCUT2D eigenvalue weighted by Crippen LogP contribution is 2.00. The molecule has 0 unspecified atom stereocenters. The molecule has 0 heterocycles. The molecule has 11 heavy (non-hydrogen) atoms. The number of benzene rings is 1. The molecule has 1 rings (SSSR count). The Labute approximate surface area is 67.0 Å². The minimum atomic E-state index is 0.250. The van der Waals surface area contributed by atoms with E-state index in [0.29, 0.717) is 0 Å². The van der Waals surface area contributed by atoms with Crippen LogP contribution in [0.25, 0.3) is 0 Å². The highest BCUT2D eigenvalue weighted by molar-refractivity contribution is 5.42. The summed E-state index contributed by atoms with van der Waals surface area (Å²) in [5.74, 6) is 0. The van der Waals surface area contributed by atoms with E-state index >= 15 is 0 Å². The number of amides is 1. The summed E-state index contributed by atoms with van der Waals surface area (Å²) in [6.45, 7) is 4.21. The predicted molar refractivity (Wildman–Crippen MR) is 46.2 cm³/mol. The van der Waals surface area contributed by atoms with E-state index in [4.69, 9.17) is 4.79 Å². The van der Waals surface area contributed by atoms with Gasteiger partial charge in [-0.3, -0.25) is 4.79 Å². The molecule has 0 aromatic heterocycles. The van der Waals surface area contributed by atoms with E-state index in [0.717, 1.165) is 0 Å². The highest BCUT2D eigenvalue weighted by Gasteiger charge is 1.80. The zero-order valence-corrected chi connectivity index (χ0v) is 6.87. The van der Waals surface area contributed by atoms with Crippen molar-refractivity contribution < 1.29 is 4.79 Å². The minimum Gasteiger partial charge on any atom is -0.372 e. The van der Waals surface area contributed by atoms with Crippen molar-refractivity contribution in [2.45, 2.75) is 13.8 Å². The molecule has 0 fully saturated rings. The molecule has 0 aliphatic carbocycles. The molecule has 0 atom stereocenters. The molecule has 2 nitrogen and oxygen atoms in total. The Morgan fingerprint density at radius 3 is 1.82 bits per heavy atom.